The average molecular weight is 218 g/mol. The van der Waals surface area contributed by atoms with Gasteiger partial charge < -0.3 is 10.1 Å². The quantitative estimate of drug-likeness (QED) is 0.826. The van der Waals surface area contributed by atoms with Gasteiger partial charge in [0.05, 0.1) is 12.6 Å². The van der Waals surface area contributed by atoms with E-state index in [1.165, 1.54) is 0 Å². The molecule has 0 aliphatic carbocycles. The summed E-state index contributed by atoms with van der Waals surface area (Å²) in [5.41, 5.74) is 0.863. The molecule has 2 aromatic rings. The standard InChI is InChI=1S/C11H14N4O/c1-2-6-15-10(5-1)13-11(14-15)12-9-4-3-7-16-8-9/h1-2,5-6,9H,3-4,7-8H2,(H,12,14). The number of ether oxygens (including phenoxy) is 1. The van der Waals surface area contributed by atoms with E-state index >= 15 is 0 Å². The fourth-order valence-corrected chi connectivity index (χ4v) is 1.93. The predicted octanol–water partition coefficient (Wildman–Crippen LogP) is 1.32. The Labute approximate surface area is 93.4 Å². The van der Waals surface area contributed by atoms with Gasteiger partial charge in [0.15, 0.2) is 5.65 Å². The number of aromatic nitrogens is 3. The molecular weight excluding hydrogens is 204 g/mol. The van der Waals surface area contributed by atoms with Crippen molar-refractivity contribution in [3.63, 3.8) is 0 Å². The van der Waals surface area contributed by atoms with Gasteiger partial charge in [-0.2, -0.15) is 4.98 Å². The zero-order chi connectivity index (χ0) is 10.8. The summed E-state index contributed by atoms with van der Waals surface area (Å²) in [6, 6.07) is 6.17. The lowest BCUT2D eigenvalue weighted by Crippen LogP contribution is -2.30. The molecule has 5 heteroatoms. The molecule has 1 aliphatic rings. The minimum atomic E-state index is 0.339. The molecule has 0 saturated carbocycles. The van der Waals surface area contributed by atoms with Crippen LogP contribution in [0.3, 0.4) is 0 Å². The van der Waals surface area contributed by atoms with E-state index < -0.39 is 0 Å². The van der Waals surface area contributed by atoms with Crippen molar-refractivity contribution in [2.24, 2.45) is 0 Å². The topological polar surface area (TPSA) is 51.5 Å². The molecule has 0 radical (unpaired) electrons. The van der Waals surface area contributed by atoms with Gasteiger partial charge in [-0.3, -0.25) is 0 Å². The summed E-state index contributed by atoms with van der Waals surface area (Å²) in [4.78, 5) is 4.39. The molecule has 1 aliphatic heterocycles. The molecule has 5 nitrogen and oxygen atoms in total. The summed E-state index contributed by atoms with van der Waals surface area (Å²) in [7, 11) is 0. The number of hydrogen-bond donors (Lipinski definition) is 1. The molecule has 1 fully saturated rings. The SMILES string of the molecule is c1ccn2nc(NC3CCCOC3)nc2c1. The van der Waals surface area contributed by atoms with Gasteiger partial charge in [0.2, 0.25) is 5.95 Å². The number of rotatable bonds is 2. The highest BCUT2D eigenvalue weighted by Gasteiger charge is 2.15. The smallest absolute Gasteiger partial charge is 0.243 e. The van der Waals surface area contributed by atoms with Crippen molar-refractivity contribution in [2.75, 3.05) is 18.5 Å². The van der Waals surface area contributed by atoms with Gasteiger partial charge in [-0.1, -0.05) is 6.07 Å². The molecule has 84 valence electrons. The number of pyridine rings is 1. The van der Waals surface area contributed by atoms with E-state index in [-0.39, 0.29) is 0 Å². The second-order valence-corrected chi connectivity index (χ2v) is 4.00. The van der Waals surface area contributed by atoms with Gasteiger partial charge in [-0.05, 0) is 25.0 Å². The maximum atomic E-state index is 5.40. The zero-order valence-electron chi connectivity index (χ0n) is 8.97. The van der Waals surface area contributed by atoms with Gasteiger partial charge in [0.1, 0.15) is 0 Å². The fraction of sp³-hybridized carbons (Fsp3) is 0.455. The van der Waals surface area contributed by atoms with E-state index in [2.05, 4.69) is 15.4 Å². The summed E-state index contributed by atoms with van der Waals surface area (Å²) in [5, 5.41) is 7.65. The van der Waals surface area contributed by atoms with Gasteiger partial charge in [-0.25, -0.2) is 4.52 Å². The highest BCUT2D eigenvalue weighted by atomic mass is 16.5. The Morgan fingerprint density at radius 3 is 3.25 bits per heavy atom. The van der Waals surface area contributed by atoms with Crippen molar-refractivity contribution < 1.29 is 4.74 Å². The minimum Gasteiger partial charge on any atom is -0.379 e. The van der Waals surface area contributed by atoms with Crippen molar-refractivity contribution in [1.82, 2.24) is 14.6 Å². The lowest BCUT2D eigenvalue weighted by Gasteiger charge is -2.22. The van der Waals surface area contributed by atoms with Gasteiger partial charge in [0.25, 0.3) is 0 Å². The monoisotopic (exact) mass is 218 g/mol. The Bertz CT molecular complexity index is 443. The number of nitrogens with zero attached hydrogens (tertiary/aromatic N) is 3. The van der Waals surface area contributed by atoms with Crippen LogP contribution in [0.15, 0.2) is 24.4 Å². The number of nitrogens with one attached hydrogen (secondary N) is 1. The van der Waals surface area contributed by atoms with Crippen LogP contribution in [0.2, 0.25) is 0 Å². The van der Waals surface area contributed by atoms with Crippen molar-refractivity contribution in [2.45, 2.75) is 18.9 Å². The van der Waals surface area contributed by atoms with Crippen molar-refractivity contribution in [1.29, 1.82) is 0 Å². The Balaban J connectivity index is 1.78. The largest absolute Gasteiger partial charge is 0.379 e. The van der Waals surface area contributed by atoms with E-state index in [0.717, 1.165) is 31.7 Å². The Hall–Kier alpha value is -1.62. The summed E-state index contributed by atoms with van der Waals surface area (Å²) in [5.74, 6) is 0.682. The van der Waals surface area contributed by atoms with Crippen LogP contribution in [0.4, 0.5) is 5.95 Å². The van der Waals surface area contributed by atoms with E-state index in [1.807, 2.05) is 24.4 Å². The maximum Gasteiger partial charge on any atom is 0.243 e. The third kappa shape index (κ3) is 1.86. The van der Waals surface area contributed by atoms with E-state index in [0.29, 0.717) is 12.0 Å². The normalized spacial score (nSPS) is 21.1. The third-order valence-corrected chi connectivity index (χ3v) is 2.73. The summed E-state index contributed by atoms with van der Waals surface area (Å²) in [6.07, 6.45) is 4.12. The first-order valence-electron chi connectivity index (χ1n) is 5.57. The Morgan fingerprint density at radius 2 is 2.44 bits per heavy atom. The predicted molar refractivity (Wildman–Crippen MR) is 60.5 cm³/mol. The molecule has 0 amide bonds. The molecule has 3 rings (SSSR count). The van der Waals surface area contributed by atoms with Gasteiger partial charge in [0, 0.05) is 12.8 Å². The van der Waals surface area contributed by atoms with Crippen LogP contribution in [-0.2, 0) is 4.74 Å². The molecule has 1 atom stereocenters. The first kappa shape index (κ1) is 9.59. The van der Waals surface area contributed by atoms with Crippen LogP contribution >= 0.6 is 0 Å². The second kappa shape index (κ2) is 4.09. The lowest BCUT2D eigenvalue weighted by molar-refractivity contribution is 0.0874. The Morgan fingerprint density at radius 1 is 1.44 bits per heavy atom. The lowest BCUT2D eigenvalue weighted by atomic mass is 10.1. The molecule has 16 heavy (non-hydrogen) atoms. The molecular formula is C11H14N4O. The van der Waals surface area contributed by atoms with E-state index in [9.17, 15) is 0 Å². The fourth-order valence-electron chi connectivity index (χ4n) is 1.93. The third-order valence-electron chi connectivity index (χ3n) is 2.73. The van der Waals surface area contributed by atoms with Gasteiger partial charge in [-0.15, -0.1) is 5.10 Å². The van der Waals surface area contributed by atoms with Crippen LogP contribution in [-0.4, -0.2) is 33.9 Å². The second-order valence-electron chi connectivity index (χ2n) is 4.00. The van der Waals surface area contributed by atoms with Crippen molar-refractivity contribution >= 4 is 11.6 Å². The molecule has 1 N–H and O–H groups in total. The molecule has 2 aromatic heterocycles. The molecule has 0 spiro atoms. The van der Waals surface area contributed by atoms with Crippen LogP contribution in [0.1, 0.15) is 12.8 Å². The first-order valence-corrected chi connectivity index (χ1v) is 5.57. The van der Waals surface area contributed by atoms with Crippen LogP contribution in [0, 0.1) is 0 Å². The summed E-state index contributed by atoms with van der Waals surface area (Å²) >= 11 is 0. The van der Waals surface area contributed by atoms with Gasteiger partial charge >= 0.3 is 0 Å². The number of hydrogen-bond acceptors (Lipinski definition) is 4. The van der Waals surface area contributed by atoms with Crippen LogP contribution in [0.5, 0.6) is 0 Å². The molecule has 1 unspecified atom stereocenters. The summed E-state index contributed by atoms with van der Waals surface area (Å²) < 4.78 is 7.17. The molecule has 0 aromatic carbocycles. The highest BCUT2D eigenvalue weighted by Crippen LogP contribution is 2.12. The van der Waals surface area contributed by atoms with Crippen LogP contribution < -0.4 is 5.32 Å². The minimum absolute atomic E-state index is 0.339. The number of anilines is 1. The van der Waals surface area contributed by atoms with Crippen molar-refractivity contribution in [3.8, 4) is 0 Å². The summed E-state index contributed by atoms with van der Waals surface area (Å²) in [6.45, 7) is 1.62. The molecule has 3 heterocycles. The average Bonchev–Trinajstić information content (AvgIpc) is 2.72. The maximum absolute atomic E-state index is 5.40. The number of fused-ring (bicyclic) bond motifs is 1. The van der Waals surface area contributed by atoms with E-state index in [1.54, 1.807) is 4.52 Å². The van der Waals surface area contributed by atoms with Crippen LogP contribution in [0.25, 0.3) is 5.65 Å². The Kier molecular flexibility index (Phi) is 2.46. The highest BCUT2D eigenvalue weighted by molar-refractivity contribution is 5.43. The molecule has 0 bridgehead atoms. The van der Waals surface area contributed by atoms with Crippen molar-refractivity contribution in [3.05, 3.63) is 24.4 Å². The first-order chi connectivity index (χ1) is 7.92. The zero-order valence-corrected chi connectivity index (χ0v) is 8.97. The van der Waals surface area contributed by atoms with E-state index in [4.69, 9.17) is 4.74 Å². The molecule has 1 saturated heterocycles.